The third kappa shape index (κ3) is 2.28. The van der Waals surface area contributed by atoms with Crippen molar-refractivity contribution >= 4 is 5.91 Å². The Labute approximate surface area is 107 Å². The van der Waals surface area contributed by atoms with Crippen LogP contribution in [-0.2, 0) is 16.1 Å². The van der Waals surface area contributed by atoms with Gasteiger partial charge in [-0.2, -0.15) is 0 Å². The topological polar surface area (TPSA) is 68.7 Å². The van der Waals surface area contributed by atoms with Gasteiger partial charge in [-0.25, -0.2) is 0 Å². The quantitative estimate of drug-likeness (QED) is 0.850. The molecule has 1 aliphatic rings. The second-order valence-corrected chi connectivity index (χ2v) is 4.87. The number of amides is 1. The molecule has 2 rings (SSSR count). The van der Waals surface area contributed by atoms with Crippen molar-refractivity contribution in [3.05, 3.63) is 23.7 Å². The standard InChI is InChI=1S/C13H20N2O3/c1-10-4-5-11(18-10)8-15-7-3-6-13(15,9-17-2)12(14)16/h4-5H,3,6-9H2,1-2H3,(H2,14,16). The molecule has 1 aromatic heterocycles. The van der Waals surface area contributed by atoms with Crippen LogP contribution in [0.2, 0.25) is 0 Å². The zero-order valence-electron chi connectivity index (χ0n) is 10.9. The maximum absolute atomic E-state index is 11.8. The first-order valence-electron chi connectivity index (χ1n) is 6.18. The van der Waals surface area contributed by atoms with Crippen LogP contribution in [0, 0.1) is 6.92 Å². The Morgan fingerprint density at radius 1 is 1.61 bits per heavy atom. The molecule has 1 amide bonds. The van der Waals surface area contributed by atoms with Gasteiger partial charge in [0.25, 0.3) is 0 Å². The van der Waals surface area contributed by atoms with Crippen molar-refractivity contribution in [3.63, 3.8) is 0 Å². The van der Waals surface area contributed by atoms with Crippen LogP contribution in [0.5, 0.6) is 0 Å². The van der Waals surface area contributed by atoms with Crippen molar-refractivity contribution in [1.29, 1.82) is 0 Å². The molecule has 1 atom stereocenters. The average Bonchev–Trinajstić information content (AvgIpc) is 2.88. The van der Waals surface area contributed by atoms with Crippen molar-refractivity contribution in [2.45, 2.75) is 31.8 Å². The van der Waals surface area contributed by atoms with Gasteiger partial charge >= 0.3 is 0 Å². The fourth-order valence-electron chi connectivity index (χ4n) is 2.68. The summed E-state index contributed by atoms with van der Waals surface area (Å²) in [6, 6.07) is 3.86. The second-order valence-electron chi connectivity index (χ2n) is 4.87. The monoisotopic (exact) mass is 252 g/mol. The molecule has 0 saturated carbocycles. The van der Waals surface area contributed by atoms with E-state index in [-0.39, 0.29) is 5.91 Å². The van der Waals surface area contributed by atoms with Crippen LogP contribution in [0.15, 0.2) is 16.5 Å². The lowest BCUT2D eigenvalue weighted by molar-refractivity contribution is -0.132. The Hall–Kier alpha value is -1.33. The van der Waals surface area contributed by atoms with Gasteiger partial charge in [0.05, 0.1) is 13.2 Å². The van der Waals surface area contributed by atoms with Crippen molar-refractivity contribution in [2.75, 3.05) is 20.3 Å². The summed E-state index contributed by atoms with van der Waals surface area (Å²) in [5, 5.41) is 0. The van der Waals surface area contributed by atoms with E-state index in [0.717, 1.165) is 30.9 Å². The molecule has 0 spiro atoms. The van der Waals surface area contributed by atoms with Crippen LogP contribution >= 0.6 is 0 Å². The predicted molar refractivity (Wildman–Crippen MR) is 66.9 cm³/mol. The fourth-order valence-corrected chi connectivity index (χ4v) is 2.68. The van der Waals surface area contributed by atoms with E-state index in [2.05, 4.69) is 4.90 Å². The summed E-state index contributed by atoms with van der Waals surface area (Å²) < 4.78 is 10.8. The van der Waals surface area contributed by atoms with Gasteiger partial charge in [-0.3, -0.25) is 9.69 Å². The van der Waals surface area contributed by atoms with Crippen LogP contribution in [-0.4, -0.2) is 36.6 Å². The molecule has 0 radical (unpaired) electrons. The number of likely N-dealkylation sites (tertiary alicyclic amines) is 1. The van der Waals surface area contributed by atoms with Gasteiger partial charge in [0.15, 0.2) is 0 Å². The molecule has 2 heterocycles. The highest BCUT2D eigenvalue weighted by molar-refractivity contribution is 5.85. The molecule has 0 bridgehead atoms. The van der Waals surface area contributed by atoms with E-state index < -0.39 is 5.54 Å². The highest BCUT2D eigenvalue weighted by Gasteiger charge is 2.46. The molecular formula is C13H20N2O3. The molecule has 5 heteroatoms. The first kappa shape index (κ1) is 13.1. The molecule has 1 fully saturated rings. The Kier molecular flexibility index (Phi) is 3.73. The van der Waals surface area contributed by atoms with Crippen molar-refractivity contribution in [2.24, 2.45) is 5.73 Å². The Morgan fingerprint density at radius 3 is 2.94 bits per heavy atom. The molecule has 0 aliphatic carbocycles. The zero-order valence-corrected chi connectivity index (χ0v) is 10.9. The predicted octanol–water partition coefficient (Wildman–Crippen LogP) is 1.05. The maximum atomic E-state index is 11.8. The fraction of sp³-hybridized carbons (Fsp3) is 0.615. The summed E-state index contributed by atoms with van der Waals surface area (Å²) in [5.74, 6) is 1.42. The third-order valence-electron chi connectivity index (χ3n) is 3.61. The molecule has 18 heavy (non-hydrogen) atoms. The molecule has 1 aromatic rings. The van der Waals surface area contributed by atoms with Gasteiger partial charge in [0.2, 0.25) is 5.91 Å². The van der Waals surface area contributed by atoms with E-state index in [1.807, 2.05) is 19.1 Å². The van der Waals surface area contributed by atoms with Gasteiger partial charge in [-0.1, -0.05) is 0 Å². The highest BCUT2D eigenvalue weighted by Crippen LogP contribution is 2.31. The Balaban J connectivity index is 2.17. The summed E-state index contributed by atoms with van der Waals surface area (Å²) in [7, 11) is 1.60. The lowest BCUT2D eigenvalue weighted by atomic mass is 9.96. The first-order valence-corrected chi connectivity index (χ1v) is 6.18. The zero-order chi connectivity index (χ0) is 13.2. The number of methoxy groups -OCH3 is 1. The van der Waals surface area contributed by atoms with Gasteiger partial charge in [0.1, 0.15) is 17.1 Å². The van der Waals surface area contributed by atoms with Gasteiger partial charge in [0, 0.05) is 7.11 Å². The molecule has 0 aromatic carbocycles. The molecule has 1 saturated heterocycles. The summed E-state index contributed by atoms with van der Waals surface area (Å²) >= 11 is 0. The van der Waals surface area contributed by atoms with E-state index in [9.17, 15) is 4.79 Å². The number of nitrogens with zero attached hydrogens (tertiary/aromatic N) is 1. The summed E-state index contributed by atoms with van der Waals surface area (Å²) in [6.07, 6.45) is 1.70. The van der Waals surface area contributed by atoms with E-state index in [1.165, 1.54) is 0 Å². The number of carbonyl (C=O) groups is 1. The van der Waals surface area contributed by atoms with Crippen molar-refractivity contribution in [3.8, 4) is 0 Å². The third-order valence-corrected chi connectivity index (χ3v) is 3.61. The van der Waals surface area contributed by atoms with Gasteiger partial charge in [-0.15, -0.1) is 0 Å². The summed E-state index contributed by atoms with van der Waals surface area (Å²) in [5.41, 5.74) is 4.89. The number of ether oxygens (including phenoxy) is 1. The molecule has 1 unspecified atom stereocenters. The minimum absolute atomic E-state index is 0.315. The number of rotatable bonds is 5. The van der Waals surface area contributed by atoms with E-state index in [0.29, 0.717) is 13.2 Å². The number of carbonyl (C=O) groups excluding carboxylic acids is 1. The van der Waals surface area contributed by atoms with Crippen molar-refractivity contribution in [1.82, 2.24) is 4.90 Å². The number of furan rings is 1. The first-order chi connectivity index (χ1) is 8.58. The highest BCUT2D eigenvalue weighted by atomic mass is 16.5. The lowest BCUT2D eigenvalue weighted by Crippen LogP contribution is -2.56. The maximum Gasteiger partial charge on any atom is 0.240 e. The number of hydrogen-bond donors (Lipinski definition) is 1. The molecular weight excluding hydrogens is 232 g/mol. The minimum atomic E-state index is -0.685. The Bertz CT molecular complexity index is 430. The SMILES string of the molecule is COCC1(C(N)=O)CCCN1Cc1ccc(C)o1. The number of primary amides is 1. The van der Waals surface area contributed by atoms with E-state index in [1.54, 1.807) is 7.11 Å². The van der Waals surface area contributed by atoms with Crippen LogP contribution in [0.25, 0.3) is 0 Å². The lowest BCUT2D eigenvalue weighted by Gasteiger charge is -2.34. The van der Waals surface area contributed by atoms with Gasteiger partial charge < -0.3 is 14.9 Å². The summed E-state index contributed by atoms with van der Waals surface area (Å²) in [6.45, 7) is 3.68. The van der Waals surface area contributed by atoms with Crippen LogP contribution in [0.3, 0.4) is 0 Å². The smallest absolute Gasteiger partial charge is 0.240 e. The largest absolute Gasteiger partial charge is 0.465 e. The van der Waals surface area contributed by atoms with E-state index in [4.69, 9.17) is 14.9 Å². The van der Waals surface area contributed by atoms with Gasteiger partial charge in [-0.05, 0) is 38.4 Å². The second kappa shape index (κ2) is 5.12. The van der Waals surface area contributed by atoms with Crippen LogP contribution in [0.4, 0.5) is 0 Å². The number of aryl methyl sites for hydroxylation is 1. The summed E-state index contributed by atoms with van der Waals surface area (Å²) in [4.78, 5) is 13.9. The number of hydrogen-bond acceptors (Lipinski definition) is 4. The Morgan fingerprint density at radius 2 is 2.39 bits per heavy atom. The molecule has 2 N–H and O–H groups in total. The average molecular weight is 252 g/mol. The van der Waals surface area contributed by atoms with E-state index >= 15 is 0 Å². The molecule has 100 valence electrons. The molecule has 1 aliphatic heterocycles. The normalized spacial score (nSPS) is 24.6. The van der Waals surface area contributed by atoms with Crippen molar-refractivity contribution < 1.29 is 13.9 Å². The number of nitrogens with two attached hydrogens (primary N) is 1. The minimum Gasteiger partial charge on any atom is -0.465 e. The van der Waals surface area contributed by atoms with Crippen LogP contribution < -0.4 is 5.73 Å². The van der Waals surface area contributed by atoms with Crippen LogP contribution in [0.1, 0.15) is 24.4 Å². The molecule has 5 nitrogen and oxygen atoms in total.